The van der Waals surface area contributed by atoms with Crippen molar-refractivity contribution < 1.29 is 23.7 Å². The molecule has 2 aromatic carbocycles. The van der Waals surface area contributed by atoms with Crippen LogP contribution in [-0.4, -0.2) is 38.3 Å². The van der Waals surface area contributed by atoms with Gasteiger partial charge in [-0.25, -0.2) is 0 Å². The Bertz CT molecular complexity index is 963. The highest BCUT2D eigenvalue weighted by atomic mass is 16.5. The minimum Gasteiger partial charge on any atom is -0.493 e. The topological polar surface area (TPSA) is 78.9 Å². The van der Waals surface area contributed by atoms with Crippen molar-refractivity contribution in [1.29, 1.82) is 0 Å². The Balaban J connectivity index is 1.68. The fourth-order valence-corrected chi connectivity index (χ4v) is 2.68. The van der Waals surface area contributed by atoms with Crippen molar-refractivity contribution in [2.24, 2.45) is 0 Å². The summed E-state index contributed by atoms with van der Waals surface area (Å²) in [6.07, 6.45) is 3.42. The van der Waals surface area contributed by atoms with E-state index in [-0.39, 0.29) is 5.91 Å². The number of benzene rings is 2. The first-order valence-electron chi connectivity index (χ1n) is 9.42. The average Bonchev–Trinajstić information content (AvgIpc) is 2.79. The van der Waals surface area contributed by atoms with Gasteiger partial charge in [0.15, 0.2) is 11.5 Å². The van der Waals surface area contributed by atoms with Crippen LogP contribution in [0.3, 0.4) is 0 Å². The number of ether oxygens (including phenoxy) is 4. The summed E-state index contributed by atoms with van der Waals surface area (Å²) < 4.78 is 21.8. The van der Waals surface area contributed by atoms with Crippen LogP contribution in [0.4, 0.5) is 5.69 Å². The number of carbonyl (C=O) groups is 1. The van der Waals surface area contributed by atoms with Crippen LogP contribution in [0.15, 0.2) is 67.0 Å². The third-order valence-electron chi connectivity index (χ3n) is 4.22. The molecule has 7 nitrogen and oxygen atoms in total. The Kier molecular flexibility index (Phi) is 7.63. The number of amides is 1. The molecule has 7 heteroatoms. The molecule has 1 amide bonds. The smallest absolute Gasteiger partial charge is 0.255 e. The highest BCUT2D eigenvalue weighted by Gasteiger charge is 2.11. The monoisotopic (exact) mass is 408 g/mol. The quantitative estimate of drug-likeness (QED) is 0.512. The Morgan fingerprint density at radius 1 is 0.933 bits per heavy atom. The molecule has 30 heavy (non-hydrogen) atoms. The number of aromatic nitrogens is 1. The van der Waals surface area contributed by atoms with E-state index in [2.05, 4.69) is 10.3 Å². The highest BCUT2D eigenvalue weighted by molar-refractivity contribution is 6.04. The molecule has 0 atom stereocenters. The predicted octanol–water partition coefficient (Wildman–Crippen LogP) is 3.95. The lowest BCUT2D eigenvalue weighted by Crippen LogP contribution is -2.12. The van der Waals surface area contributed by atoms with Crippen molar-refractivity contribution in [2.45, 2.75) is 6.61 Å². The zero-order valence-electron chi connectivity index (χ0n) is 17.0. The molecule has 0 spiro atoms. The van der Waals surface area contributed by atoms with Crippen molar-refractivity contribution in [2.75, 3.05) is 32.8 Å². The van der Waals surface area contributed by atoms with Crippen molar-refractivity contribution in [3.05, 3.63) is 78.1 Å². The van der Waals surface area contributed by atoms with Gasteiger partial charge >= 0.3 is 0 Å². The summed E-state index contributed by atoms with van der Waals surface area (Å²) in [4.78, 5) is 16.7. The Morgan fingerprint density at radius 3 is 2.53 bits per heavy atom. The zero-order valence-corrected chi connectivity index (χ0v) is 17.0. The molecular formula is C23H24N2O5. The predicted molar refractivity (Wildman–Crippen MR) is 113 cm³/mol. The Morgan fingerprint density at radius 2 is 1.77 bits per heavy atom. The first kappa shape index (κ1) is 21.1. The lowest BCUT2D eigenvalue weighted by atomic mass is 10.2. The molecule has 0 fully saturated rings. The van der Waals surface area contributed by atoms with Gasteiger partial charge in [-0.2, -0.15) is 0 Å². The van der Waals surface area contributed by atoms with Gasteiger partial charge in [0.2, 0.25) is 0 Å². The molecule has 0 aliphatic rings. The van der Waals surface area contributed by atoms with E-state index < -0.39 is 0 Å². The molecule has 0 radical (unpaired) electrons. The van der Waals surface area contributed by atoms with Crippen molar-refractivity contribution in [3.8, 4) is 17.2 Å². The summed E-state index contributed by atoms with van der Waals surface area (Å²) in [5, 5.41) is 2.88. The van der Waals surface area contributed by atoms with E-state index in [1.54, 1.807) is 69.1 Å². The molecule has 1 N–H and O–H groups in total. The van der Waals surface area contributed by atoms with E-state index in [9.17, 15) is 4.79 Å². The number of pyridine rings is 1. The number of rotatable bonds is 10. The summed E-state index contributed by atoms with van der Waals surface area (Å²) in [7, 11) is 3.18. The maximum atomic E-state index is 12.7. The van der Waals surface area contributed by atoms with Crippen LogP contribution in [0.2, 0.25) is 0 Å². The first-order valence-corrected chi connectivity index (χ1v) is 9.42. The van der Waals surface area contributed by atoms with Gasteiger partial charge in [0.05, 0.1) is 13.7 Å². The second-order valence-electron chi connectivity index (χ2n) is 6.33. The molecular weight excluding hydrogens is 384 g/mol. The molecule has 0 aliphatic carbocycles. The maximum Gasteiger partial charge on any atom is 0.255 e. The van der Waals surface area contributed by atoms with Crippen molar-refractivity contribution in [1.82, 2.24) is 4.98 Å². The molecule has 156 valence electrons. The lowest BCUT2D eigenvalue weighted by molar-refractivity contribution is 0.102. The summed E-state index contributed by atoms with van der Waals surface area (Å²) in [5.41, 5.74) is 2.06. The molecule has 0 unspecified atom stereocenters. The van der Waals surface area contributed by atoms with Crippen LogP contribution in [0.25, 0.3) is 0 Å². The number of methoxy groups -OCH3 is 2. The largest absolute Gasteiger partial charge is 0.493 e. The second kappa shape index (κ2) is 10.8. The SMILES string of the molecule is COCCOc1cccc(C(=O)Nc2ccc(OC)c(OCc3ccncc3)c2)c1. The minimum absolute atomic E-state index is 0.252. The molecule has 3 rings (SSSR count). The molecule has 3 aromatic rings. The van der Waals surface area contributed by atoms with E-state index in [0.29, 0.717) is 48.3 Å². The number of hydrogen-bond donors (Lipinski definition) is 1. The highest BCUT2D eigenvalue weighted by Crippen LogP contribution is 2.31. The van der Waals surface area contributed by atoms with Crippen LogP contribution in [0.1, 0.15) is 15.9 Å². The Hall–Kier alpha value is -3.58. The molecule has 0 saturated carbocycles. The summed E-state index contributed by atoms with van der Waals surface area (Å²) in [6.45, 7) is 1.25. The van der Waals surface area contributed by atoms with Gasteiger partial charge in [0, 0.05) is 36.8 Å². The first-order chi connectivity index (χ1) is 14.7. The van der Waals surface area contributed by atoms with Crippen LogP contribution >= 0.6 is 0 Å². The Labute approximate surface area is 175 Å². The standard InChI is InChI=1S/C23H24N2O5/c1-27-12-13-29-20-5-3-4-18(14-20)23(26)25-19-6-7-21(28-2)22(15-19)30-16-17-8-10-24-11-9-17/h3-11,14-15H,12-13,16H2,1-2H3,(H,25,26). The average molecular weight is 408 g/mol. The number of nitrogens with one attached hydrogen (secondary N) is 1. The fraction of sp³-hybridized carbons (Fsp3) is 0.217. The van der Waals surface area contributed by atoms with E-state index in [0.717, 1.165) is 5.56 Å². The van der Waals surface area contributed by atoms with Gasteiger partial charge < -0.3 is 24.3 Å². The summed E-state index contributed by atoms with van der Waals surface area (Å²) >= 11 is 0. The molecule has 0 bridgehead atoms. The third-order valence-corrected chi connectivity index (χ3v) is 4.22. The van der Waals surface area contributed by atoms with Crippen molar-refractivity contribution >= 4 is 11.6 Å². The van der Waals surface area contributed by atoms with Gasteiger partial charge in [-0.1, -0.05) is 6.07 Å². The zero-order chi connectivity index (χ0) is 21.2. The number of anilines is 1. The number of nitrogens with zero attached hydrogens (tertiary/aromatic N) is 1. The minimum atomic E-state index is -0.252. The van der Waals surface area contributed by atoms with E-state index >= 15 is 0 Å². The summed E-state index contributed by atoms with van der Waals surface area (Å²) in [5.74, 6) is 1.47. The third kappa shape index (κ3) is 5.96. The summed E-state index contributed by atoms with van der Waals surface area (Å²) in [6, 6.07) is 16.0. The van der Waals surface area contributed by atoms with E-state index in [1.165, 1.54) is 0 Å². The van der Waals surface area contributed by atoms with Crippen molar-refractivity contribution in [3.63, 3.8) is 0 Å². The van der Waals surface area contributed by atoms with Gasteiger partial charge in [0.1, 0.15) is 19.0 Å². The normalized spacial score (nSPS) is 10.3. The molecule has 0 saturated heterocycles. The maximum absolute atomic E-state index is 12.7. The van der Waals surface area contributed by atoms with E-state index in [4.69, 9.17) is 18.9 Å². The molecule has 1 heterocycles. The molecule has 0 aliphatic heterocycles. The van der Waals surface area contributed by atoms with Crippen LogP contribution < -0.4 is 19.5 Å². The number of carbonyl (C=O) groups excluding carboxylic acids is 1. The lowest BCUT2D eigenvalue weighted by Gasteiger charge is -2.13. The van der Waals surface area contributed by atoms with Gasteiger partial charge in [0.25, 0.3) is 5.91 Å². The second-order valence-corrected chi connectivity index (χ2v) is 6.33. The van der Waals surface area contributed by atoms with E-state index in [1.807, 2.05) is 12.1 Å². The number of hydrogen-bond acceptors (Lipinski definition) is 6. The van der Waals surface area contributed by atoms with Crippen LogP contribution in [0, 0.1) is 0 Å². The van der Waals surface area contributed by atoms with Crippen LogP contribution in [-0.2, 0) is 11.3 Å². The van der Waals surface area contributed by atoms with Gasteiger partial charge in [-0.05, 0) is 48.0 Å². The fourth-order valence-electron chi connectivity index (χ4n) is 2.68. The van der Waals surface area contributed by atoms with Crippen LogP contribution in [0.5, 0.6) is 17.2 Å². The molecule has 1 aromatic heterocycles. The van der Waals surface area contributed by atoms with Gasteiger partial charge in [-0.3, -0.25) is 9.78 Å². The van der Waals surface area contributed by atoms with Gasteiger partial charge in [-0.15, -0.1) is 0 Å².